The number of carboxylic acid groups (broad SMARTS) is 1. The van der Waals surface area contributed by atoms with Crippen LogP contribution in [-0.2, 0) is 4.74 Å². The van der Waals surface area contributed by atoms with Crippen LogP contribution in [0.15, 0.2) is 11.0 Å². The van der Waals surface area contributed by atoms with Crippen LogP contribution in [0.5, 0.6) is 5.75 Å². The Bertz CT molecular complexity index is 696. The molecular formula is C12H12N2O7. The molecule has 9 heteroatoms. The smallest absolute Gasteiger partial charge is 0.341 e. The normalized spacial score (nSPS) is 24.4. The highest BCUT2D eigenvalue weighted by molar-refractivity contribution is 5.97. The molecule has 2 atom stereocenters. The first kappa shape index (κ1) is 13.6. The van der Waals surface area contributed by atoms with E-state index in [0.29, 0.717) is 0 Å². The molecule has 1 aromatic rings. The second kappa shape index (κ2) is 4.57. The number of amides is 1. The molecule has 3 N–H and O–H groups in total. The zero-order chi connectivity index (χ0) is 15.3. The van der Waals surface area contributed by atoms with Crippen molar-refractivity contribution in [2.45, 2.75) is 12.3 Å². The van der Waals surface area contributed by atoms with Gasteiger partial charge in [-0.2, -0.15) is 0 Å². The van der Waals surface area contributed by atoms with Crippen molar-refractivity contribution in [3.63, 3.8) is 0 Å². The standard InChI is InChI=1S/C12H12N2O7/c15-8-5(12(19)20)3-14-7(9(8)16)11(18)13-1-2-21-4-6(13)10(14)17/h3,6,10,16-17H,1-2,4H2,(H,19,20). The zero-order valence-electron chi connectivity index (χ0n) is 10.7. The second-order valence-corrected chi connectivity index (χ2v) is 4.84. The molecule has 3 heterocycles. The molecule has 1 amide bonds. The zero-order valence-corrected chi connectivity index (χ0v) is 10.7. The number of aromatic carboxylic acids is 1. The number of hydrogen-bond acceptors (Lipinski definition) is 6. The predicted octanol–water partition coefficient (Wildman–Crippen LogP) is -1.40. The van der Waals surface area contributed by atoms with Gasteiger partial charge in [-0.1, -0.05) is 0 Å². The summed E-state index contributed by atoms with van der Waals surface area (Å²) in [6.45, 7) is 0.587. The van der Waals surface area contributed by atoms with Gasteiger partial charge >= 0.3 is 5.97 Å². The average Bonchev–Trinajstić information content (AvgIpc) is 2.47. The Balaban J connectivity index is 2.24. The van der Waals surface area contributed by atoms with Crippen molar-refractivity contribution >= 4 is 11.9 Å². The number of carboxylic acids is 1. The molecule has 0 aliphatic carbocycles. The quantitative estimate of drug-likeness (QED) is 0.581. The molecule has 1 saturated heterocycles. The van der Waals surface area contributed by atoms with E-state index in [0.717, 1.165) is 10.8 Å². The minimum atomic E-state index is -1.55. The van der Waals surface area contributed by atoms with Gasteiger partial charge in [0.2, 0.25) is 5.43 Å². The summed E-state index contributed by atoms with van der Waals surface area (Å²) in [5, 5.41) is 29.1. The van der Waals surface area contributed by atoms with Crippen LogP contribution in [0.3, 0.4) is 0 Å². The van der Waals surface area contributed by atoms with Gasteiger partial charge in [-0.05, 0) is 0 Å². The number of aliphatic hydroxyl groups is 1. The van der Waals surface area contributed by atoms with Crippen molar-refractivity contribution in [2.24, 2.45) is 0 Å². The van der Waals surface area contributed by atoms with E-state index in [2.05, 4.69) is 0 Å². The van der Waals surface area contributed by atoms with E-state index in [-0.39, 0.29) is 19.8 Å². The summed E-state index contributed by atoms with van der Waals surface area (Å²) in [5.41, 5.74) is -2.27. The number of ether oxygens (including phenoxy) is 1. The van der Waals surface area contributed by atoms with Gasteiger partial charge in [0.25, 0.3) is 5.91 Å². The molecule has 2 aliphatic rings. The number of carbonyl (C=O) groups is 2. The lowest BCUT2D eigenvalue weighted by atomic mass is 10.1. The van der Waals surface area contributed by atoms with E-state index in [1.807, 2.05) is 0 Å². The molecule has 0 bridgehead atoms. The van der Waals surface area contributed by atoms with Crippen molar-refractivity contribution in [2.75, 3.05) is 19.8 Å². The average molecular weight is 296 g/mol. The van der Waals surface area contributed by atoms with Gasteiger partial charge in [0.1, 0.15) is 11.6 Å². The van der Waals surface area contributed by atoms with Crippen molar-refractivity contribution in [1.82, 2.24) is 9.47 Å². The van der Waals surface area contributed by atoms with Crippen LogP contribution >= 0.6 is 0 Å². The lowest BCUT2D eigenvalue weighted by molar-refractivity contribution is -0.0814. The maximum atomic E-state index is 12.3. The summed E-state index contributed by atoms with van der Waals surface area (Å²) in [5.74, 6) is -3.16. The molecule has 2 unspecified atom stereocenters. The number of aliphatic hydroxyl groups excluding tert-OH is 1. The number of rotatable bonds is 1. The van der Waals surface area contributed by atoms with Crippen LogP contribution in [0, 0.1) is 0 Å². The van der Waals surface area contributed by atoms with Crippen LogP contribution < -0.4 is 5.43 Å². The molecule has 3 rings (SSSR count). The van der Waals surface area contributed by atoms with Gasteiger partial charge in [0.05, 0.1) is 13.2 Å². The number of aromatic nitrogens is 1. The van der Waals surface area contributed by atoms with E-state index in [1.54, 1.807) is 0 Å². The fraction of sp³-hybridized carbons (Fsp3) is 0.417. The third-order valence-corrected chi connectivity index (χ3v) is 3.70. The molecule has 1 aromatic heterocycles. The molecule has 21 heavy (non-hydrogen) atoms. The highest BCUT2D eigenvalue weighted by atomic mass is 16.5. The van der Waals surface area contributed by atoms with Gasteiger partial charge in [-0.15, -0.1) is 0 Å². The first-order valence-electron chi connectivity index (χ1n) is 6.21. The molecule has 0 aromatic carbocycles. The second-order valence-electron chi connectivity index (χ2n) is 4.84. The van der Waals surface area contributed by atoms with Crippen LogP contribution in [-0.4, -0.2) is 62.5 Å². The molecule has 1 fully saturated rings. The lowest BCUT2D eigenvalue weighted by Crippen LogP contribution is -2.57. The van der Waals surface area contributed by atoms with Gasteiger partial charge in [0.15, 0.2) is 17.7 Å². The van der Waals surface area contributed by atoms with E-state index in [1.165, 1.54) is 4.90 Å². The Kier molecular flexibility index (Phi) is 2.96. The summed E-state index contributed by atoms with van der Waals surface area (Å²) >= 11 is 0. The summed E-state index contributed by atoms with van der Waals surface area (Å²) < 4.78 is 6.11. The Hall–Kier alpha value is -2.39. The molecule has 0 radical (unpaired) electrons. The van der Waals surface area contributed by atoms with E-state index in [4.69, 9.17) is 9.84 Å². The van der Waals surface area contributed by atoms with Gasteiger partial charge in [-0.3, -0.25) is 9.59 Å². The minimum Gasteiger partial charge on any atom is -0.503 e. The van der Waals surface area contributed by atoms with Gasteiger partial charge < -0.3 is 29.5 Å². The number of pyridine rings is 1. The summed E-state index contributed by atoms with van der Waals surface area (Å²) in [6.07, 6.45) is -0.434. The lowest BCUT2D eigenvalue weighted by Gasteiger charge is -2.43. The largest absolute Gasteiger partial charge is 0.503 e. The number of morpholine rings is 1. The fourth-order valence-corrected chi connectivity index (χ4v) is 2.64. The van der Waals surface area contributed by atoms with Crippen LogP contribution in [0.4, 0.5) is 0 Å². The predicted molar refractivity (Wildman–Crippen MR) is 66.2 cm³/mol. The number of fused-ring (bicyclic) bond motifs is 2. The maximum absolute atomic E-state index is 12.3. The van der Waals surface area contributed by atoms with Crippen LogP contribution in [0.25, 0.3) is 0 Å². The summed E-state index contributed by atoms with van der Waals surface area (Å²) in [7, 11) is 0. The fourth-order valence-electron chi connectivity index (χ4n) is 2.64. The summed E-state index contributed by atoms with van der Waals surface area (Å²) in [6, 6.07) is -0.692. The third kappa shape index (κ3) is 1.82. The van der Waals surface area contributed by atoms with Crippen molar-refractivity contribution in [1.29, 1.82) is 0 Å². The Morgan fingerprint density at radius 3 is 2.76 bits per heavy atom. The summed E-state index contributed by atoms with van der Waals surface area (Å²) in [4.78, 5) is 36.4. The van der Waals surface area contributed by atoms with Gasteiger partial charge in [-0.25, -0.2) is 4.79 Å². The molecule has 9 nitrogen and oxygen atoms in total. The SMILES string of the molecule is O=C(O)c1cn2c(c(O)c1=O)C(=O)N1CCOCC1C2O. The number of nitrogens with zero attached hydrogens (tertiary/aromatic N) is 2. The Morgan fingerprint density at radius 2 is 2.10 bits per heavy atom. The first-order chi connectivity index (χ1) is 9.93. The molecule has 112 valence electrons. The van der Waals surface area contributed by atoms with Crippen molar-refractivity contribution < 1.29 is 29.6 Å². The van der Waals surface area contributed by atoms with Gasteiger partial charge in [0, 0.05) is 12.7 Å². The van der Waals surface area contributed by atoms with E-state index in [9.17, 15) is 24.6 Å². The monoisotopic (exact) mass is 296 g/mol. The molecule has 0 saturated carbocycles. The third-order valence-electron chi connectivity index (χ3n) is 3.70. The first-order valence-corrected chi connectivity index (χ1v) is 6.21. The van der Waals surface area contributed by atoms with Crippen molar-refractivity contribution in [3.8, 4) is 5.75 Å². The molecule has 0 spiro atoms. The van der Waals surface area contributed by atoms with Crippen LogP contribution in [0.1, 0.15) is 27.1 Å². The van der Waals surface area contributed by atoms with E-state index >= 15 is 0 Å². The minimum absolute atomic E-state index is 0.0850. The highest BCUT2D eigenvalue weighted by Crippen LogP contribution is 2.30. The highest BCUT2D eigenvalue weighted by Gasteiger charge is 2.42. The number of hydrogen-bond donors (Lipinski definition) is 3. The topological polar surface area (TPSA) is 129 Å². The van der Waals surface area contributed by atoms with Crippen molar-refractivity contribution in [3.05, 3.63) is 27.7 Å². The molecule has 2 aliphatic heterocycles. The Morgan fingerprint density at radius 1 is 1.38 bits per heavy atom. The van der Waals surface area contributed by atoms with Crippen LogP contribution in [0.2, 0.25) is 0 Å². The van der Waals surface area contributed by atoms with E-state index < -0.39 is 46.6 Å². The maximum Gasteiger partial charge on any atom is 0.341 e. The number of aromatic hydroxyl groups is 1. The molecular weight excluding hydrogens is 284 g/mol. The number of carbonyl (C=O) groups excluding carboxylic acids is 1. The Labute approximate surface area is 117 Å².